The zero-order chi connectivity index (χ0) is 11.1. The van der Waals surface area contributed by atoms with Crippen molar-refractivity contribution in [3.05, 3.63) is 24.0 Å². The molecular weight excluding hydrogens is 184 g/mol. The summed E-state index contributed by atoms with van der Waals surface area (Å²) in [6.07, 6.45) is 7.01. The van der Waals surface area contributed by atoms with Crippen molar-refractivity contribution >= 4 is 5.69 Å². The molecule has 1 heterocycles. The highest BCUT2D eigenvalue weighted by Gasteiger charge is 2.03. The maximum Gasteiger partial charge on any atom is 0.0603 e. The van der Waals surface area contributed by atoms with E-state index in [0.717, 1.165) is 5.69 Å². The van der Waals surface area contributed by atoms with Crippen molar-refractivity contribution in [3.63, 3.8) is 0 Å². The van der Waals surface area contributed by atoms with Crippen molar-refractivity contribution in [2.75, 3.05) is 5.32 Å². The molecule has 1 aromatic rings. The number of aromatic nitrogens is 1. The Hall–Kier alpha value is -1.05. The lowest BCUT2D eigenvalue weighted by atomic mass is 10.1. The summed E-state index contributed by atoms with van der Waals surface area (Å²) in [7, 11) is 0. The van der Waals surface area contributed by atoms with Gasteiger partial charge in [0, 0.05) is 12.2 Å². The molecule has 0 amide bonds. The molecule has 0 aliphatic heterocycles. The van der Waals surface area contributed by atoms with Crippen LogP contribution in [0.5, 0.6) is 0 Å². The van der Waals surface area contributed by atoms with E-state index in [2.05, 4.69) is 30.2 Å². The number of rotatable bonds is 6. The second kappa shape index (κ2) is 6.44. The molecule has 0 aliphatic rings. The normalized spacial score (nSPS) is 12.5. The summed E-state index contributed by atoms with van der Waals surface area (Å²) >= 11 is 0. The van der Waals surface area contributed by atoms with Gasteiger partial charge < -0.3 is 5.32 Å². The second-order valence-corrected chi connectivity index (χ2v) is 4.18. The number of nitrogens with zero attached hydrogens (tertiary/aromatic N) is 1. The van der Waals surface area contributed by atoms with Crippen molar-refractivity contribution in [2.24, 2.45) is 0 Å². The molecule has 0 aliphatic carbocycles. The van der Waals surface area contributed by atoms with Crippen molar-refractivity contribution in [1.29, 1.82) is 0 Å². The number of aryl methyl sites for hydroxylation is 1. The molecule has 0 aromatic carbocycles. The number of pyridine rings is 1. The van der Waals surface area contributed by atoms with E-state index in [1.165, 1.54) is 31.4 Å². The fraction of sp³-hybridized carbons (Fsp3) is 0.615. The summed E-state index contributed by atoms with van der Waals surface area (Å²) in [4.78, 5) is 4.27. The summed E-state index contributed by atoms with van der Waals surface area (Å²) < 4.78 is 0. The molecule has 0 saturated heterocycles. The standard InChI is InChI=1S/C13H22N2/c1-4-5-6-8-11(2)15-13-9-7-10-14-12(13)3/h7,9-11,15H,4-6,8H2,1-3H3. The SMILES string of the molecule is CCCCCC(C)Nc1cccnc1C. The Morgan fingerprint density at radius 3 is 2.87 bits per heavy atom. The Morgan fingerprint density at radius 1 is 1.40 bits per heavy atom. The molecule has 15 heavy (non-hydrogen) atoms. The first kappa shape index (κ1) is 12.0. The minimum Gasteiger partial charge on any atom is -0.381 e. The number of anilines is 1. The Bertz CT molecular complexity index is 284. The Kier molecular flexibility index (Phi) is 5.16. The van der Waals surface area contributed by atoms with Crippen LogP contribution in [0, 0.1) is 6.92 Å². The fourth-order valence-electron chi connectivity index (χ4n) is 1.67. The summed E-state index contributed by atoms with van der Waals surface area (Å²) in [5.41, 5.74) is 2.25. The van der Waals surface area contributed by atoms with Gasteiger partial charge in [-0.1, -0.05) is 26.2 Å². The highest BCUT2D eigenvalue weighted by Crippen LogP contribution is 2.14. The third kappa shape index (κ3) is 4.32. The highest BCUT2D eigenvalue weighted by molar-refractivity contribution is 5.47. The van der Waals surface area contributed by atoms with E-state index in [4.69, 9.17) is 0 Å². The lowest BCUT2D eigenvalue weighted by Crippen LogP contribution is -2.15. The highest BCUT2D eigenvalue weighted by atomic mass is 14.9. The summed E-state index contributed by atoms with van der Waals surface area (Å²) in [6.45, 7) is 6.52. The van der Waals surface area contributed by atoms with Gasteiger partial charge in [0.25, 0.3) is 0 Å². The van der Waals surface area contributed by atoms with Crippen LogP contribution in [0.4, 0.5) is 5.69 Å². The number of nitrogens with one attached hydrogen (secondary N) is 1. The molecular formula is C13H22N2. The maximum absolute atomic E-state index is 4.27. The minimum atomic E-state index is 0.541. The summed E-state index contributed by atoms with van der Waals surface area (Å²) in [5, 5.41) is 3.51. The molecule has 0 spiro atoms. The van der Waals surface area contributed by atoms with E-state index >= 15 is 0 Å². The maximum atomic E-state index is 4.27. The largest absolute Gasteiger partial charge is 0.381 e. The lowest BCUT2D eigenvalue weighted by Gasteiger charge is -2.16. The van der Waals surface area contributed by atoms with Crippen molar-refractivity contribution in [1.82, 2.24) is 4.98 Å². The molecule has 1 unspecified atom stereocenters. The van der Waals surface area contributed by atoms with Crippen LogP contribution < -0.4 is 5.32 Å². The predicted molar refractivity (Wildman–Crippen MR) is 66.2 cm³/mol. The van der Waals surface area contributed by atoms with Crippen LogP contribution >= 0.6 is 0 Å². The molecule has 0 saturated carbocycles. The van der Waals surface area contributed by atoms with Crippen LogP contribution in [-0.2, 0) is 0 Å². The quantitative estimate of drug-likeness (QED) is 0.717. The van der Waals surface area contributed by atoms with Crippen molar-refractivity contribution in [3.8, 4) is 0 Å². The van der Waals surface area contributed by atoms with Crippen LogP contribution in [-0.4, -0.2) is 11.0 Å². The second-order valence-electron chi connectivity index (χ2n) is 4.18. The van der Waals surface area contributed by atoms with Gasteiger partial charge in [-0.15, -0.1) is 0 Å². The van der Waals surface area contributed by atoms with E-state index in [1.54, 1.807) is 0 Å². The number of hydrogen-bond donors (Lipinski definition) is 1. The Balaban J connectivity index is 2.37. The van der Waals surface area contributed by atoms with Gasteiger partial charge in [0.2, 0.25) is 0 Å². The average molecular weight is 206 g/mol. The smallest absolute Gasteiger partial charge is 0.0603 e. The molecule has 2 heteroatoms. The molecule has 1 aromatic heterocycles. The van der Waals surface area contributed by atoms with Crippen LogP contribution in [0.3, 0.4) is 0 Å². The first-order valence-electron chi connectivity index (χ1n) is 5.92. The molecule has 2 nitrogen and oxygen atoms in total. The number of unbranched alkanes of at least 4 members (excludes halogenated alkanes) is 2. The van der Waals surface area contributed by atoms with Gasteiger partial charge >= 0.3 is 0 Å². The van der Waals surface area contributed by atoms with Gasteiger partial charge in [-0.05, 0) is 32.4 Å². The van der Waals surface area contributed by atoms with Gasteiger partial charge in [-0.25, -0.2) is 0 Å². The Morgan fingerprint density at radius 2 is 2.20 bits per heavy atom. The summed E-state index contributed by atoms with van der Waals surface area (Å²) in [6, 6.07) is 4.62. The molecule has 0 fully saturated rings. The van der Waals surface area contributed by atoms with Gasteiger partial charge in [0.15, 0.2) is 0 Å². The van der Waals surface area contributed by atoms with Crippen LogP contribution in [0.1, 0.15) is 45.2 Å². The fourth-order valence-corrected chi connectivity index (χ4v) is 1.67. The third-order valence-electron chi connectivity index (χ3n) is 2.65. The van der Waals surface area contributed by atoms with Gasteiger partial charge in [0.1, 0.15) is 0 Å². The van der Waals surface area contributed by atoms with E-state index in [9.17, 15) is 0 Å². The predicted octanol–water partition coefficient (Wildman–Crippen LogP) is 3.77. The average Bonchev–Trinajstić information content (AvgIpc) is 2.22. The van der Waals surface area contributed by atoms with Crippen LogP contribution in [0.25, 0.3) is 0 Å². The van der Waals surface area contributed by atoms with Crippen LogP contribution in [0.2, 0.25) is 0 Å². The number of hydrogen-bond acceptors (Lipinski definition) is 2. The molecule has 1 rings (SSSR count). The van der Waals surface area contributed by atoms with E-state index in [1.807, 2.05) is 19.2 Å². The molecule has 0 radical (unpaired) electrons. The zero-order valence-corrected chi connectivity index (χ0v) is 10.1. The first-order chi connectivity index (χ1) is 7.24. The van der Waals surface area contributed by atoms with Crippen molar-refractivity contribution < 1.29 is 0 Å². The summed E-state index contributed by atoms with van der Waals surface area (Å²) in [5.74, 6) is 0. The van der Waals surface area contributed by atoms with E-state index < -0.39 is 0 Å². The Labute approximate surface area is 93.1 Å². The zero-order valence-electron chi connectivity index (χ0n) is 10.1. The molecule has 0 bridgehead atoms. The topological polar surface area (TPSA) is 24.9 Å². The van der Waals surface area contributed by atoms with E-state index in [-0.39, 0.29) is 0 Å². The monoisotopic (exact) mass is 206 g/mol. The van der Waals surface area contributed by atoms with E-state index in [0.29, 0.717) is 6.04 Å². The van der Waals surface area contributed by atoms with Crippen molar-refractivity contribution in [2.45, 2.75) is 52.5 Å². The molecule has 84 valence electrons. The molecule has 1 atom stereocenters. The third-order valence-corrected chi connectivity index (χ3v) is 2.65. The van der Waals surface area contributed by atoms with Crippen LogP contribution in [0.15, 0.2) is 18.3 Å². The van der Waals surface area contributed by atoms with Gasteiger partial charge in [0.05, 0.1) is 11.4 Å². The van der Waals surface area contributed by atoms with Gasteiger partial charge in [-0.2, -0.15) is 0 Å². The lowest BCUT2D eigenvalue weighted by molar-refractivity contribution is 0.614. The molecule has 1 N–H and O–H groups in total. The van der Waals surface area contributed by atoms with Gasteiger partial charge in [-0.3, -0.25) is 4.98 Å². The minimum absolute atomic E-state index is 0.541. The first-order valence-corrected chi connectivity index (χ1v) is 5.92.